The molecule has 6 nitrogen and oxygen atoms in total. The third-order valence-corrected chi connectivity index (χ3v) is 4.51. The lowest BCUT2D eigenvalue weighted by Gasteiger charge is -2.11. The second-order valence-corrected chi connectivity index (χ2v) is 6.42. The summed E-state index contributed by atoms with van der Waals surface area (Å²) in [5, 5.41) is 8.74. The largest absolute Gasteiger partial charge is 0.475 e. The fourth-order valence-corrected chi connectivity index (χ4v) is 2.93. The summed E-state index contributed by atoms with van der Waals surface area (Å²) >= 11 is 1.76. The number of methoxy groups -OCH3 is 1. The van der Waals surface area contributed by atoms with E-state index in [9.17, 15) is 0 Å². The molecule has 0 aromatic carbocycles. The van der Waals surface area contributed by atoms with Crippen LogP contribution in [0.25, 0.3) is 0 Å². The average molecular weight is 490 g/mol. The SMILES string of the molecule is CCNC(=NCc1ccc(OCCOC)nc1)NCc1sccc1C.I. The molecule has 0 aliphatic heterocycles. The summed E-state index contributed by atoms with van der Waals surface area (Å²) < 4.78 is 10.4. The van der Waals surface area contributed by atoms with Crippen molar-refractivity contribution in [2.75, 3.05) is 26.9 Å². The van der Waals surface area contributed by atoms with Gasteiger partial charge in [0.25, 0.3) is 0 Å². The molecule has 2 aromatic rings. The molecule has 0 fully saturated rings. The molecule has 0 unspecified atom stereocenters. The van der Waals surface area contributed by atoms with Gasteiger partial charge in [0.15, 0.2) is 5.96 Å². The van der Waals surface area contributed by atoms with Crippen molar-refractivity contribution in [1.82, 2.24) is 15.6 Å². The van der Waals surface area contributed by atoms with Crippen LogP contribution in [0.5, 0.6) is 5.88 Å². The molecule has 26 heavy (non-hydrogen) atoms. The number of nitrogens with zero attached hydrogens (tertiary/aromatic N) is 2. The lowest BCUT2D eigenvalue weighted by atomic mass is 10.3. The summed E-state index contributed by atoms with van der Waals surface area (Å²) in [7, 11) is 1.65. The van der Waals surface area contributed by atoms with E-state index >= 15 is 0 Å². The molecular weight excluding hydrogens is 463 g/mol. The zero-order valence-electron chi connectivity index (χ0n) is 15.4. The Bertz CT molecular complexity index is 661. The minimum absolute atomic E-state index is 0. The van der Waals surface area contributed by atoms with Gasteiger partial charge in [0, 0.05) is 30.8 Å². The Hall–Kier alpha value is -1.39. The Balaban J connectivity index is 0.00000338. The number of nitrogens with one attached hydrogen (secondary N) is 2. The monoisotopic (exact) mass is 490 g/mol. The number of rotatable bonds is 9. The van der Waals surface area contributed by atoms with Crippen molar-refractivity contribution in [2.45, 2.75) is 26.9 Å². The summed E-state index contributed by atoms with van der Waals surface area (Å²) in [6.07, 6.45) is 1.79. The maximum absolute atomic E-state index is 5.46. The number of pyridine rings is 1. The summed E-state index contributed by atoms with van der Waals surface area (Å²) in [4.78, 5) is 10.2. The van der Waals surface area contributed by atoms with Crippen molar-refractivity contribution >= 4 is 41.3 Å². The molecule has 0 atom stereocenters. The van der Waals surface area contributed by atoms with Gasteiger partial charge in [-0.2, -0.15) is 0 Å². The highest BCUT2D eigenvalue weighted by atomic mass is 127. The Kier molecular flexibility index (Phi) is 11.2. The van der Waals surface area contributed by atoms with E-state index < -0.39 is 0 Å². The summed E-state index contributed by atoms with van der Waals surface area (Å²) in [5.74, 6) is 1.40. The second kappa shape index (κ2) is 12.9. The molecule has 0 saturated heterocycles. The first-order chi connectivity index (χ1) is 12.2. The first kappa shape index (κ1) is 22.7. The van der Waals surface area contributed by atoms with Crippen molar-refractivity contribution in [3.05, 3.63) is 45.8 Å². The van der Waals surface area contributed by atoms with E-state index in [0.717, 1.165) is 24.6 Å². The molecule has 2 rings (SSSR count). The lowest BCUT2D eigenvalue weighted by molar-refractivity contribution is 0.143. The average Bonchev–Trinajstić information content (AvgIpc) is 3.04. The van der Waals surface area contributed by atoms with Crippen LogP contribution in [0.15, 0.2) is 34.8 Å². The zero-order chi connectivity index (χ0) is 17.9. The molecule has 0 spiro atoms. The Morgan fingerprint density at radius 2 is 2.08 bits per heavy atom. The van der Waals surface area contributed by atoms with Gasteiger partial charge in [0.1, 0.15) is 6.61 Å². The van der Waals surface area contributed by atoms with Crippen molar-refractivity contribution in [1.29, 1.82) is 0 Å². The maximum Gasteiger partial charge on any atom is 0.213 e. The highest BCUT2D eigenvalue weighted by Crippen LogP contribution is 2.14. The topological polar surface area (TPSA) is 67.8 Å². The fourth-order valence-electron chi connectivity index (χ4n) is 2.08. The molecule has 2 N–H and O–H groups in total. The Morgan fingerprint density at radius 3 is 2.69 bits per heavy atom. The van der Waals surface area contributed by atoms with Crippen LogP contribution in [0.3, 0.4) is 0 Å². The summed E-state index contributed by atoms with van der Waals surface area (Å²) in [6, 6.07) is 5.97. The minimum atomic E-state index is 0. The zero-order valence-corrected chi connectivity index (χ0v) is 18.6. The highest BCUT2D eigenvalue weighted by molar-refractivity contribution is 14.0. The van der Waals surface area contributed by atoms with Crippen LogP contribution < -0.4 is 15.4 Å². The van der Waals surface area contributed by atoms with E-state index in [1.165, 1.54) is 10.4 Å². The number of aryl methyl sites for hydroxylation is 1. The first-order valence-electron chi connectivity index (χ1n) is 8.34. The molecule has 0 amide bonds. The highest BCUT2D eigenvalue weighted by Gasteiger charge is 2.03. The summed E-state index contributed by atoms with van der Waals surface area (Å²) in [5.41, 5.74) is 2.34. The lowest BCUT2D eigenvalue weighted by Crippen LogP contribution is -2.36. The fraction of sp³-hybridized carbons (Fsp3) is 0.444. The quantitative estimate of drug-likeness (QED) is 0.244. The van der Waals surface area contributed by atoms with Crippen LogP contribution in [0.4, 0.5) is 0 Å². The number of ether oxygens (including phenoxy) is 2. The van der Waals surface area contributed by atoms with E-state index in [1.54, 1.807) is 24.6 Å². The third kappa shape index (κ3) is 7.88. The van der Waals surface area contributed by atoms with Crippen molar-refractivity contribution in [2.24, 2.45) is 4.99 Å². The van der Waals surface area contributed by atoms with Crippen LogP contribution in [0, 0.1) is 6.92 Å². The van der Waals surface area contributed by atoms with Gasteiger partial charge in [-0.3, -0.25) is 0 Å². The Labute approximate surface area is 176 Å². The van der Waals surface area contributed by atoms with Gasteiger partial charge >= 0.3 is 0 Å². The van der Waals surface area contributed by atoms with E-state index in [2.05, 4.69) is 45.9 Å². The molecule has 144 valence electrons. The normalized spacial score (nSPS) is 11.0. The van der Waals surface area contributed by atoms with Crippen LogP contribution in [-0.2, 0) is 17.8 Å². The van der Waals surface area contributed by atoms with Gasteiger partial charge < -0.3 is 20.1 Å². The predicted molar refractivity (Wildman–Crippen MR) is 118 cm³/mol. The molecule has 0 aliphatic rings. The molecule has 0 aliphatic carbocycles. The molecule has 0 bridgehead atoms. The van der Waals surface area contributed by atoms with Crippen molar-refractivity contribution < 1.29 is 9.47 Å². The molecule has 0 saturated carbocycles. The van der Waals surface area contributed by atoms with E-state index in [1.807, 2.05) is 12.1 Å². The summed E-state index contributed by atoms with van der Waals surface area (Å²) in [6.45, 7) is 7.39. The number of aromatic nitrogens is 1. The first-order valence-corrected chi connectivity index (χ1v) is 9.22. The van der Waals surface area contributed by atoms with Gasteiger partial charge in [0.2, 0.25) is 5.88 Å². The number of hydrogen-bond acceptors (Lipinski definition) is 5. The van der Waals surface area contributed by atoms with E-state index in [4.69, 9.17) is 9.47 Å². The second-order valence-electron chi connectivity index (χ2n) is 5.42. The molecular formula is C18H27IN4O2S. The predicted octanol–water partition coefficient (Wildman–Crippen LogP) is 3.35. The van der Waals surface area contributed by atoms with Gasteiger partial charge in [-0.05, 0) is 36.4 Å². The number of halogens is 1. The van der Waals surface area contributed by atoms with Crippen LogP contribution in [-0.4, -0.2) is 37.8 Å². The maximum atomic E-state index is 5.46. The van der Waals surface area contributed by atoms with Crippen molar-refractivity contribution in [3.63, 3.8) is 0 Å². The number of aliphatic imine (C=N–C) groups is 1. The Morgan fingerprint density at radius 1 is 1.23 bits per heavy atom. The van der Waals surface area contributed by atoms with E-state index in [-0.39, 0.29) is 24.0 Å². The van der Waals surface area contributed by atoms with Crippen molar-refractivity contribution in [3.8, 4) is 5.88 Å². The van der Waals surface area contributed by atoms with Gasteiger partial charge in [-0.15, -0.1) is 35.3 Å². The van der Waals surface area contributed by atoms with Gasteiger partial charge in [0.05, 0.1) is 19.7 Å². The standard InChI is InChI=1S/C18H26N4O2S.HI/c1-4-19-18(22-13-16-14(2)7-10-25-16)21-12-15-5-6-17(20-11-15)24-9-8-23-3;/h5-7,10-11H,4,8-9,12-13H2,1-3H3,(H2,19,21,22);1H. The molecule has 8 heteroatoms. The number of guanidine groups is 1. The molecule has 2 aromatic heterocycles. The van der Waals surface area contributed by atoms with Crippen LogP contribution in [0.1, 0.15) is 22.9 Å². The third-order valence-electron chi connectivity index (χ3n) is 3.48. The molecule has 2 heterocycles. The van der Waals surface area contributed by atoms with E-state index in [0.29, 0.717) is 25.6 Å². The molecule has 0 radical (unpaired) electrons. The number of thiophene rings is 1. The smallest absolute Gasteiger partial charge is 0.213 e. The van der Waals surface area contributed by atoms with Crippen LogP contribution >= 0.6 is 35.3 Å². The van der Waals surface area contributed by atoms with Crippen LogP contribution in [0.2, 0.25) is 0 Å². The van der Waals surface area contributed by atoms with Gasteiger partial charge in [-0.25, -0.2) is 9.98 Å². The minimum Gasteiger partial charge on any atom is -0.475 e. The number of hydrogen-bond donors (Lipinski definition) is 2. The van der Waals surface area contributed by atoms with Gasteiger partial charge in [-0.1, -0.05) is 6.07 Å².